The lowest BCUT2D eigenvalue weighted by molar-refractivity contribution is 0.0484. The van der Waals surface area contributed by atoms with Crippen LogP contribution in [0.4, 0.5) is 8.78 Å². The molecule has 0 N–H and O–H groups in total. The lowest BCUT2D eigenvalue weighted by Gasteiger charge is -2.04. The number of ether oxygens (including phenoxy) is 2. The number of unbranched alkanes of at least 4 members (excludes halogenated alkanes) is 1. The van der Waals surface area contributed by atoms with Gasteiger partial charge in [0.15, 0.2) is 0 Å². The highest BCUT2D eigenvalue weighted by Crippen LogP contribution is 2.28. The van der Waals surface area contributed by atoms with Crippen molar-refractivity contribution in [2.24, 2.45) is 0 Å². The Morgan fingerprint density at radius 1 is 1.19 bits per heavy atom. The van der Waals surface area contributed by atoms with Gasteiger partial charge in [-0.2, -0.15) is 13.8 Å². The molecule has 1 aromatic heterocycles. The SMILES string of the molecule is CCOc1oc(-c2ccccc2)nc1C(=O)OCCCCC(C)=C(F)F. The van der Waals surface area contributed by atoms with Gasteiger partial charge in [-0.25, -0.2) is 4.79 Å². The Bertz CT molecular complexity index is 752. The molecule has 0 fully saturated rings. The van der Waals surface area contributed by atoms with Crippen LogP contribution >= 0.6 is 0 Å². The minimum absolute atomic E-state index is 0.00892. The van der Waals surface area contributed by atoms with Crippen LogP contribution in [0.15, 0.2) is 46.4 Å². The molecule has 0 amide bonds. The number of carbonyl (C=O) groups is 1. The van der Waals surface area contributed by atoms with Gasteiger partial charge in [-0.05, 0) is 50.8 Å². The molecule has 7 heteroatoms. The summed E-state index contributed by atoms with van der Waals surface area (Å²) in [6, 6.07) is 9.12. The van der Waals surface area contributed by atoms with E-state index in [0.29, 0.717) is 25.0 Å². The summed E-state index contributed by atoms with van der Waals surface area (Å²) in [6.07, 6.45) is -0.405. The Hall–Kier alpha value is -2.70. The number of hydrogen-bond donors (Lipinski definition) is 0. The number of benzene rings is 1. The molecule has 26 heavy (non-hydrogen) atoms. The van der Waals surface area contributed by atoms with Crippen molar-refractivity contribution in [3.8, 4) is 17.4 Å². The summed E-state index contributed by atoms with van der Waals surface area (Å²) in [5, 5.41) is 0. The van der Waals surface area contributed by atoms with Crippen molar-refractivity contribution in [3.05, 3.63) is 47.7 Å². The third kappa shape index (κ3) is 5.40. The van der Waals surface area contributed by atoms with Crippen molar-refractivity contribution in [2.75, 3.05) is 13.2 Å². The maximum absolute atomic E-state index is 12.3. The predicted molar refractivity (Wildman–Crippen MR) is 92.2 cm³/mol. The number of aromatic nitrogens is 1. The van der Waals surface area contributed by atoms with Crippen molar-refractivity contribution in [1.29, 1.82) is 0 Å². The van der Waals surface area contributed by atoms with E-state index in [4.69, 9.17) is 13.9 Å². The van der Waals surface area contributed by atoms with Crippen LogP contribution in [-0.2, 0) is 4.74 Å². The van der Waals surface area contributed by atoms with Gasteiger partial charge >= 0.3 is 11.9 Å². The summed E-state index contributed by atoms with van der Waals surface area (Å²) >= 11 is 0. The Balaban J connectivity index is 1.97. The largest absolute Gasteiger partial charge is 0.464 e. The molecular formula is C19H21F2NO4. The van der Waals surface area contributed by atoms with Crippen molar-refractivity contribution in [1.82, 2.24) is 4.98 Å². The second kappa shape index (κ2) is 9.70. The summed E-state index contributed by atoms with van der Waals surface area (Å²) in [6.45, 7) is 3.57. The Morgan fingerprint density at radius 2 is 1.92 bits per heavy atom. The zero-order valence-corrected chi connectivity index (χ0v) is 14.8. The van der Waals surface area contributed by atoms with Gasteiger partial charge in [-0.1, -0.05) is 18.2 Å². The van der Waals surface area contributed by atoms with E-state index in [2.05, 4.69) is 4.98 Å². The van der Waals surface area contributed by atoms with E-state index in [-0.39, 0.29) is 36.1 Å². The lowest BCUT2D eigenvalue weighted by atomic mass is 10.1. The third-order valence-electron chi connectivity index (χ3n) is 3.59. The minimum atomic E-state index is -1.65. The minimum Gasteiger partial charge on any atom is -0.464 e. The first-order valence-electron chi connectivity index (χ1n) is 8.39. The van der Waals surface area contributed by atoms with Gasteiger partial charge in [-0.3, -0.25) is 0 Å². The van der Waals surface area contributed by atoms with Crippen LogP contribution in [0.5, 0.6) is 5.95 Å². The molecule has 140 valence electrons. The number of carbonyl (C=O) groups excluding carboxylic acids is 1. The Morgan fingerprint density at radius 3 is 2.58 bits per heavy atom. The fourth-order valence-electron chi connectivity index (χ4n) is 2.19. The van der Waals surface area contributed by atoms with Gasteiger partial charge < -0.3 is 13.9 Å². The average Bonchev–Trinajstić information content (AvgIpc) is 3.06. The molecule has 2 aromatic rings. The first kappa shape index (κ1) is 19.6. The summed E-state index contributed by atoms with van der Waals surface area (Å²) < 4.78 is 40.6. The van der Waals surface area contributed by atoms with Gasteiger partial charge in [0.25, 0.3) is 6.08 Å². The van der Waals surface area contributed by atoms with E-state index in [1.54, 1.807) is 19.1 Å². The highest BCUT2D eigenvalue weighted by atomic mass is 19.3. The number of oxazole rings is 1. The van der Waals surface area contributed by atoms with Crippen molar-refractivity contribution in [3.63, 3.8) is 0 Å². The van der Waals surface area contributed by atoms with Crippen LogP contribution in [0.1, 0.15) is 43.6 Å². The van der Waals surface area contributed by atoms with E-state index in [9.17, 15) is 13.6 Å². The number of allylic oxidation sites excluding steroid dienone is 1. The fourth-order valence-corrected chi connectivity index (χ4v) is 2.19. The molecule has 0 bridgehead atoms. The van der Waals surface area contributed by atoms with E-state index in [0.717, 1.165) is 0 Å². The van der Waals surface area contributed by atoms with Gasteiger partial charge in [0.05, 0.1) is 13.2 Å². The molecule has 0 radical (unpaired) electrons. The van der Waals surface area contributed by atoms with Gasteiger partial charge in [0.1, 0.15) is 0 Å². The van der Waals surface area contributed by atoms with Crippen molar-refractivity contribution < 1.29 is 27.5 Å². The number of esters is 1. The molecule has 0 saturated heterocycles. The van der Waals surface area contributed by atoms with Crippen LogP contribution in [0, 0.1) is 0 Å². The van der Waals surface area contributed by atoms with Crippen LogP contribution in [0.25, 0.3) is 11.5 Å². The highest BCUT2D eigenvalue weighted by Gasteiger charge is 2.23. The monoisotopic (exact) mass is 365 g/mol. The predicted octanol–water partition coefficient (Wildman–Crippen LogP) is 5.24. The first-order chi connectivity index (χ1) is 12.5. The third-order valence-corrected chi connectivity index (χ3v) is 3.59. The van der Waals surface area contributed by atoms with Crippen LogP contribution in [0.2, 0.25) is 0 Å². The molecule has 1 heterocycles. The molecule has 0 unspecified atom stereocenters. The number of hydrogen-bond acceptors (Lipinski definition) is 5. The van der Waals surface area contributed by atoms with Crippen LogP contribution < -0.4 is 4.74 Å². The van der Waals surface area contributed by atoms with Crippen molar-refractivity contribution in [2.45, 2.75) is 33.1 Å². The summed E-state index contributed by atoms with van der Waals surface area (Å²) in [4.78, 5) is 16.4. The van der Waals surface area contributed by atoms with Crippen LogP contribution in [-0.4, -0.2) is 24.2 Å². The smallest absolute Gasteiger partial charge is 0.364 e. The quantitative estimate of drug-likeness (QED) is 0.449. The van der Waals surface area contributed by atoms with E-state index in [1.165, 1.54) is 6.92 Å². The van der Waals surface area contributed by atoms with Gasteiger partial charge in [0, 0.05) is 5.56 Å². The second-order valence-electron chi connectivity index (χ2n) is 5.59. The lowest BCUT2D eigenvalue weighted by Crippen LogP contribution is -2.09. The molecule has 2 rings (SSSR count). The summed E-state index contributed by atoms with van der Waals surface area (Å²) in [5.74, 6) is -0.391. The molecule has 0 saturated carbocycles. The topological polar surface area (TPSA) is 61.6 Å². The van der Waals surface area contributed by atoms with E-state index in [1.807, 2.05) is 18.2 Å². The average molecular weight is 365 g/mol. The highest BCUT2D eigenvalue weighted by molar-refractivity contribution is 5.90. The van der Waals surface area contributed by atoms with Gasteiger partial charge in [0.2, 0.25) is 11.6 Å². The zero-order chi connectivity index (χ0) is 18.9. The number of halogens is 2. The normalized spacial score (nSPS) is 10.5. The standard InChI is InChI=1S/C19H21F2NO4/c1-3-24-19-15(22-17(26-19)14-10-5-4-6-11-14)18(23)25-12-8-7-9-13(2)16(20)21/h4-6,10-11H,3,7-9,12H2,1-2H3. The Kier molecular flexibility index (Phi) is 7.32. The van der Waals surface area contributed by atoms with Gasteiger partial charge in [-0.15, -0.1) is 0 Å². The zero-order valence-electron chi connectivity index (χ0n) is 14.8. The molecule has 5 nitrogen and oxygen atoms in total. The van der Waals surface area contributed by atoms with Crippen molar-refractivity contribution >= 4 is 5.97 Å². The molecule has 0 aliphatic rings. The first-order valence-corrected chi connectivity index (χ1v) is 8.39. The summed E-state index contributed by atoms with van der Waals surface area (Å²) in [5.41, 5.74) is 0.735. The molecule has 0 aliphatic heterocycles. The molecule has 0 atom stereocenters. The molecule has 0 aliphatic carbocycles. The number of rotatable bonds is 9. The van der Waals surface area contributed by atoms with Crippen LogP contribution in [0.3, 0.4) is 0 Å². The molecule has 0 spiro atoms. The maximum atomic E-state index is 12.3. The van der Waals surface area contributed by atoms with E-state index >= 15 is 0 Å². The Labute approximate surface area is 150 Å². The second-order valence-corrected chi connectivity index (χ2v) is 5.59. The maximum Gasteiger partial charge on any atom is 0.364 e. The fraction of sp³-hybridized carbons (Fsp3) is 0.368. The van der Waals surface area contributed by atoms with E-state index < -0.39 is 12.0 Å². The molecule has 1 aromatic carbocycles. The number of nitrogens with zero attached hydrogens (tertiary/aromatic N) is 1. The molecular weight excluding hydrogens is 344 g/mol. The summed E-state index contributed by atoms with van der Waals surface area (Å²) in [7, 11) is 0.